The van der Waals surface area contributed by atoms with E-state index < -0.39 is 0 Å². The molecule has 16 heavy (non-hydrogen) atoms. The molecular formula is C13H19ClN2. The second-order valence-corrected chi connectivity index (χ2v) is 5.07. The summed E-state index contributed by atoms with van der Waals surface area (Å²) in [6.07, 6.45) is 4.81. The van der Waals surface area contributed by atoms with Crippen molar-refractivity contribution >= 4 is 17.3 Å². The molecule has 1 aliphatic carbocycles. The van der Waals surface area contributed by atoms with Crippen LogP contribution in [0.3, 0.4) is 0 Å². The highest BCUT2D eigenvalue weighted by Crippen LogP contribution is 2.24. The van der Waals surface area contributed by atoms with E-state index in [9.17, 15) is 0 Å². The Balaban J connectivity index is 2.05. The highest BCUT2D eigenvalue weighted by Gasteiger charge is 2.21. The molecule has 0 spiro atoms. The van der Waals surface area contributed by atoms with Gasteiger partial charge in [-0.25, -0.2) is 0 Å². The zero-order valence-corrected chi connectivity index (χ0v) is 10.4. The van der Waals surface area contributed by atoms with Crippen LogP contribution < -0.4 is 11.1 Å². The lowest BCUT2D eigenvalue weighted by atomic mass is 9.91. The minimum Gasteiger partial charge on any atom is -0.381 e. The lowest BCUT2D eigenvalue weighted by molar-refractivity contribution is 0.404. The maximum atomic E-state index is 6.10. The fourth-order valence-corrected chi connectivity index (χ4v) is 2.42. The van der Waals surface area contributed by atoms with Gasteiger partial charge in [0.1, 0.15) is 0 Å². The number of hydrogen-bond donors (Lipinski definition) is 2. The number of anilines is 1. The molecule has 3 N–H and O–H groups in total. The Hall–Kier alpha value is -0.730. The third kappa shape index (κ3) is 2.69. The van der Waals surface area contributed by atoms with Crippen molar-refractivity contribution in [3.05, 3.63) is 28.8 Å². The number of benzene rings is 1. The van der Waals surface area contributed by atoms with E-state index in [1.165, 1.54) is 12.8 Å². The molecule has 2 atom stereocenters. The molecule has 0 heterocycles. The SMILES string of the molecule is Cc1ccc(N[C@H]2CCCC[C@@H]2N)cc1Cl. The van der Waals surface area contributed by atoms with E-state index in [1.807, 2.05) is 19.1 Å². The van der Waals surface area contributed by atoms with Gasteiger partial charge in [-0.2, -0.15) is 0 Å². The van der Waals surface area contributed by atoms with E-state index in [2.05, 4.69) is 11.4 Å². The molecule has 0 radical (unpaired) electrons. The van der Waals surface area contributed by atoms with E-state index in [0.29, 0.717) is 6.04 Å². The van der Waals surface area contributed by atoms with Crippen LogP contribution in [0, 0.1) is 6.92 Å². The van der Waals surface area contributed by atoms with E-state index in [4.69, 9.17) is 17.3 Å². The van der Waals surface area contributed by atoms with Crippen molar-refractivity contribution in [2.45, 2.75) is 44.7 Å². The molecule has 2 rings (SSSR count). The summed E-state index contributed by atoms with van der Waals surface area (Å²) < 4.78 is 0. The molecule has 1 aromatic rings. The van der Waals surface area contributed by atoms with Crippen LogP contribution in [0.25, 0.3) is 0 Å². The van der Waals surface area contributed by atoms with Gasteiger partial charge in [-0.05, 0) is 37.5 Å². The molecule has 0 aliphatic heterocycles. The van der Waals surface area contributed by atoms with Crippen LogP contribution in [0.1, 0.15) is 31.2 Å². The Morgan fingerprint density at radius 3 is 2.75 bits per heavy atom. The van der Waals surface area contributed by atoms with Crippen molar-refractivity contribution in [1.29, 1.82) is 0 Å². The summed E-state index contributed by atoms with van der Waals surface area (Å²) in [4.78, 5) is 0. The van der Waals surface area contributed by atoms with Crippen LogP contribution in [0.15, 0.2) is 18.2 Å². The van der Waals surface area contributed by atoms with Crippen molar-refractivity contribution in [1.82, 2.24) is 0 Å². The lowest BCUT2D eigenvalue weighted by Crippen LogP contribution is -2.42. The topological polar surface area (TPSA) is 38.0 Å². The molecule has 0 aromatic heterocycles. The summed E-state index contributed by atoms with van der Waals surface area (Å²) in [7, 11) is 0. The summed E-state index contributed by atoms with van der Waals surface area (Å²) >= 11 is 6.10. The molecular weight excluding hydrogens is 220 g/mol. The Morgan fingerprint density at radius 1 is 1.31 bits per heavy atom. The van der Waals surface area contributed by atoms with Gasteiger partial charge in [0.25, 0.3) is 0 Å². The van der Waals surface area contributed by atoms with Gasteiger partial charge >= 0.3 is 0 Å². The first-order valence-corrected chi connectivity index (χ1v) is 6.33. The van der Waals surface area contributed by atoms with Crippen molar-refractivity contribution < 1.29 is 0 Å². The Bertz CT molecular complexity index is 365. The summed E-state index contributed by atoms with van der Waals surface area (Å²) in [6, 6.07) is 6.76. The first-order chi connectivity index (χ1) is 7.66. The molecule has 1 saturated carbocycles. The number of halogens is 1. The quantitative estimate of drug-likeness (QED) is 0.830. The fraction of sp³-hybridized carbons (Fsp3) is 0.538. The van der Waals surface area contributed by atoms with Gasteiger partial charge < -0.3 is 11.1 Å². The zero-order valence-electron chi connectivity index (χ0n) is 9.67. The molecule has 1 aliphatic rings. The van der Waals surface area contributed by atoms with Crippen molar-refractivity contribution in [3.63, 3.8) is 0 Å². The van der Waals surface area contributed by atoms with Crippen molar-refractivity contribution in [2.24, 2.45) is 5.73 Å². The van der Waals surface area contributed by atoms with E-state index in [0.717, 1.165) is 29.1 Å². The van der Waals surface area contributed by atoms with E-state index >= 15 is 0 Å². The van der Waals surface area contributed by atoms with Crippen molar-refractivity contribution in [2.75, 3.05) is 5.32 Å². The first-order valence-electron chi connectivity index (χ1n) is 5.95. The normalized spacial score (nSPS) is 25.4. The van der Waals surface area contributed by atoms with Gasteiger partial charge in [0.15, 0.2) is 0 Å². The largest absolute Gasteiger partial charge is 0.381 e. The fourth-order valence-electron chi connectivity index (χ4n) is 2.24. The van der Waals surface area contributed by atoms with Crippen LogP contribution in [0.5, 0.6) is 0 Å². The van der Waals surface area contributed by atoms with Gasteiger partial charge in [0.05, 0.1) is 0 Å². The predicted octanol–water partition coefficient (Wildman–Crippen LogP) is 3.33. The molecule has 0 amide bonds. The second kappa shape index (κ2) is 5.07. The van der Waals surface area contributed by atoms with Crippen LogP contribution in [0.4, 0.5) is 5.69 Å². The van der Waals surface area contributed by atoms with Gasteiger partial charge in [-0.1, -0.05) is 30.5 Å². The second-order valence-electron chi connectivity index (χ2n) is 4.66. The number of hydrogen-bond acceptors (Lipinski definition) is 2. The smallest absolute Gasteiger partial charge is 0.0455 e. The van der Waals surface area contributed by atoms with E-state index in [1.54, 1.807) is 0 Å². The zero-order chi connectivity index (χ0) is 11.5. The minimum absolute atomic E-state index is 0.272. The summed E-state index contributed by atoms with van der Waals surface area (Å²) in [5.41, 5.74) is 8.29. The molecule has 0 unspecified atom stereocenters. The van der Waals surface area contributed by atoms with Gasteiger partial charge in [-0.3, -0.25) is 0 Å². The number of nitrogens with two attached hydrogens (primary N) is 1. The van der Waals surface area contributed by atoms with Crippen LogP contribution in [-0.2, 0) is 0 Å². The van der Waals surface area contributed by atoms with Crippen LogP contribution in [-0.4, -0.2) is 12.1 Å². The highest BCUT2D eigenvalue weighted by atomic mass is 35.5. The average Bonchev–Trinajstić information content (AvgIpc) is 2.27. The summed E-state index contributed by atoms with van der Waals surface area (Å²) in [5.74, 6) is 0. The maximum absolute atomic E-state index is 6.10. The van der Waals surface area contributed by atoms with Crippen LogP contribution >= 0.6 is 11.6 Å². The number of rotatable bonds is 2. The van der Waals surface area contributed by atoms with Gasteiger partial charge in [-0.15, -0.1) is 0 Å². The van der Waals surface area contributed by atoms with E-state index in [-0.39, 0.29) is 6.04 Å². The highest BCUT2D eigenvalue weighted by molar-refractivity contribution is 6.31. The number of nitrogens with one attached hydrogen (secondary N) is 1. The van der Waals surface area contributed by atoms with Crippen LogP contribution in [0.2, 0.25) is 5.02 Å². The van der Waals surface area contributed by atoms with Gasteiger partial charge in [0.2, 0.25) is 0 Å². The van der Waals surface area contributed by atoms with Gasteiger partial charge in [0, 0.05) is 22.8 Å². The monoisotopic (exact) mass is 238 g/mol. The third-order valence-corrected chi connectivity index (χ3v) is 3.75. The summed E-state index contributed by atoms with van der Waals surface area (Å²) in [5, 5.41) is 4.30. The predicted molar refractivity (Wildman–Crippen MR) is 70.0 cm³/mol. The minimum atomic E-state index is 0.272. The molecule has 1 fully saturated rings. The molecule has 2 nitrogen and oxygen atoms in total. The summed E-state index contributed by atoms with van der Waals surface area (Å²) in [6.45, 7) is 2.01. The third-order valence-electron chi connectivity index (χ3n) is 3.34. The standard InChI is InChI=1S/C13H19ClN2/c1-9-6-7-10(8-11(9)14)16-13-5-3-2-4-12(13)15/h6-8,12-13,16H,2-5,15H2,1H3/t12-,13-/m0/s1. The first kappa shape index (κ1) is 11.7. The lowest BCUT2D eigenvalue weighted by Gasteiger charge is -2.30. The number of aryl methyl sites for hydroxylation is 1. The van der Waals surface area contributed by atoms with Crippen molar-refractivity contribution in [3.8, 4) is 0 Å². The molecule has 88 valence electrons. The molecule has 0 saturated heterocycles. The Kier molecular flexibility index (Phi) is 3.72. The maximum Gasteiger partial charge on any atom is 0.0455 e. The average molecular weight is 239 g/mol. The molecule has 1 aromatic carbocycles. The Labute approximate surface area is 102 Å². The Morgan fingerprint density at radius 2 is 2.06 bits per heavy atom. The molecule has 0 bridgehead atoms. The molecule has 3 heteroatoms.